The summed E-state index contributed by atoms with van der Waals surface area (Å²) < 4.78 is 0. The molecular weight excluding hydrogens is 212 g/mol. The van der Waals surface area contributed by atoms with Crippen LogP contribution in [0.5, 0.6) is 0 Å². The molecule has 0 amide bonds. The van der Waals surface area contributed by atoms with Crippen LogP contribution in [0.4, 0.5) is 0 Å². The van der Waals surface area contributed by atoms with Crippen molar-refractivity contribution in [3.8, 4) is 0 Å². The Morgan fingerprint density at radius 1 is 1.29 bits per heavy atom. The summed E-state index contributed by atoms with van der Waals surface area (Å²) in [4.78, 5) is 4.60. The van der Waals surface area contributed by atoms with Crippen LogP contribution >= 0.6 is 0 Å². The molecule has 1 aromatic heterocycles. The van der Waals surface area contributed by atoms with Crippen molar-refractivity contribution in [3.05, 3.63) is 11.6 Å². The Balaban J connectivity index is 1.99. The molecule has 1 aliphatic carbocycles. The Morgan fingerprint density at radius 3 is 2.65 bits per heavy atom. The van der Waals surface area contributed by atoms with Gasteiger partial charge in [0.2, 0.25) is 0 Å². The van der Waals surface area contributed by atoms with E-state index in [2.05, 4.69) is 29.0 Å². The number of H-pyrrole nitrogens is 1. The van der Waals surface area contributed by atoms with Gasteiger partial charge in [-0.15, -0.1) is 0 Å². The van der Waals surface area contributed by atoms with Crippen LogP contribution in [0.2, 0.25) is 0 Å². The molecule has 3 N–H and O–H groups in total. The number of aromatic nitrogens is 3. The standard InChI is InChI=1S/C13H24N4/c1-9(2)8-11(14)13-15-12(16-17-13)10-6-4-3-5-7-10/h9-11H,3-8,14H2,1-2H3,(H,15,16,17)/t11-/m1/s1. The van der Waals surface area contributed by atoms with E-state index in [0.717, 1.165) is 18.1 Å². The first-order valence-corrected chi connectivity index (χ1v) is 6.84. The normalized spacial score (nSPS) is 19.8. The monoisotopic (exact) mass is 236 g/mol. The number of hydrogen-bond acceptors (Lipinski definition) is 3. The van der Waals surface area contributed by atoms with Crippen LogP contribution in [-0.4, -0.2) is 15.2 Å². The summed E-state index contributed by atoms with van der Waals surface area (Å²) >= 11 is 0. The van der Waals surface area contributed by atoms with Gasteiger partial charge < -0.3 is 5.73 Å². The molecule has 0 spiro atoms. The minimum atomic E-state index is -0.0245. The second kappa shape index (κ2) is 5.63. The number of rotatable bonds is 4. The molecule has 1 fully saturated rings. The Kier molecular flexibility index (Phi) is 4.15. The lowest BCUT2D eigenvalue weighted by Crippen LogP contribution is -2.14. The summed E-state index contributed by atoms with van der Waals surface area (Å²) in [5.41, 5.74) is 6.09. The second-order valence-electron chi connectivity index (χ2n) is 5.65. The van der Waals surface area contributed by atoms with E-state index in [4.69, 9.17) is 5.73 Å². The summed E-state index contributed by atoms with van der Waals surface area (Å²) in [5.74, 6) is 3.01. The topological polar surface area (TPSA) is 67.6 Å². The Morgan fingerprint density at radius 2 is 2.00 bits per heavy atom. The summed E-state index contributed by atoms with van der Waals surface area (Å²) in [6.45, 7) is 4.35. The molecule has 0 aliphatic heterocycles. The zero-order chi connectivity index (χ0) is 12.3. The predicted octanol–water partition coefficient (Wildman–Crippen LogP) is 2.90. The van der Waals surface area contributed by atoms with Crippen molar-refractivity contribution in [1.29, 1.82) is 0 Å². The van der Waals surface area contributed by atoms with Gasteiger partial charge in [0.25, 0.3) is 0 Å². The minimum absolute atomic E-state index is 0.0245. The molecule has 1 atom stereocenters. The lowest BCUT2D eigenvalue weighted by molar-refractivity contribution is 0.429. The van der Waals surface area contributed by atoms with Crippen molar-refractivity contribution in [2.75, 3.05) is 0 Å². The first kappa shape index (κ1) is 12.6. The zero-order valence-electron chi connectivity index (χ0n) is 10.9. The summed E-state index contributed by atoms with van der Waals surface area (Å²) in [7, 11) is 0. The second-order valence-corrected chi connectivity index (χ2v) is 5.65. The molecule has 0 bridgehead atoms. The van der Waals surface area contributed by atoms with E-state index in [1.165, 1.54) is 32.1 Å². The van der Waals surface area contributed by atoms with Crippen molar-refractivity contribution < 1.29 is 0 Å². The highest BCUT2D eigenvalue weighted by molar-refractivity contribution is 5.02. The predicted molar refractivity (Wildman–Crippen MR) is 68.6 cm³/mol. The third-order valence-corrected chi connectivity index (χ3v) is 3.57. The third kappa shape index (κ3) is 3.28. The van der Waals surface area contributed by atoms with E-state index in [0.29, 0.717) is 11.8 Å². The van der Waals surface area contributed by atoms with Crippen molar-refractivity contribution in [2.45, 2.75) is 64.3 Å². The molecule has 0 unspecified atom stereocenters. The third-order valence-electron chi connectivity index (χ3n) is 3.57. The van der Waals surface area contributed by atoms with E-state index < -0.39 is 0 Å². The Hall–Kier alpha value is -0.900. The molecule has 1 heterocycles. The van der Waals surface area contributed by atoms with Gasteiger partial charge in [-0.1, -0.05) is 33.1 Å². The van der Waals surface area contributed by atoms with E-state index >= 15 is 0 Å². The molecule has 4 heteroatoms. The summed E-state index contributed by atoms with van der Waals surface area (Å²) in [6, 6.07) is -0.0245. The van der Waals surface area contributed by atoms with Crippen LogP contribution in [0.25, 0.3) is 0 Å². The maximum absolute atomic E-state index is 6.09. The molecule has 0 saturated heterocycles. The number of nitrogens with zero attached hydrogens (tertiary/aromatic N) is 2. The van der Waals surface area contributed by atoms with Crippen LogP contribution in [-0.2, 0) is 0 Å². The quantitative estimate of drug-likeness (QED) is 0.844. The molecule has 0 aromatic carbocycles. The first-order chi connectivity index (χ1) is 8.16. The van der Waals surface area contributed by atoms with E-state index in [9.17, 15) is 0 Å². The van der Waals surface area contributed by atoms with Crippen LogP contribution in [0, 0.1) is 5.92 Å². The van der Waals surface area contributed by atoms with Crippen LogP contribution in [0.1, 0.15) is 76.0 Å². The lowest BCUT2D eigenvalue weighted by atomic mass is 9.89. The van der Waals surface area contributed by atoms with Gasteiger partial charge in [0.15, 0.2) is 5.82 Å². The van der Waals surface area contributed by atoms with Gasteiger partial charge in [0, 0.05) is 5.92 Å². The fraction of sp³-hybridized carbons (Fsp3) is 0.846. The number of aromatic amines is 1. The van der Waals surface area contributed by atoms with Gasteiger partial charge in [-0.25, -0.2) is 4.98 Å². The molecular formula is C13H24N4. The molecule has 1 saturated carbocycles. The molecule has 1 aromatic rings. The maximum atomic E-state index is 6.09. The number of nitrogens with one attached hydrogen (secondary N) is 1. The van der Waals surface area contributed by atoms with Gasteiger partial charge >= 0.3 is 0 Å². The van der Waals surface area contributed by atoms with Crippen LogP contribution in [0.3, 0.4) is 0 Å². The fourth-order valence-electron chi connectivity index (χ4n) is 2.63. The first-order valence-electron chi connectivity index (χ1n) is 6.84. The van der Waals surface area contributed by atoms with Gasteiger partial charge in [-0.3, -0.25) is 5.10 Å². The van der Waals surface area contributed by atoms with E-state index in [-0.39, 0.29) is 6.04 Å². The molecule has 2 rings (SSSR count). The van der Waals surface area contributed by atoms with Crippen molar-refractivity contribution in [3.63, 3.8) is 0 Å². The van der Waals surface area contributed by atoms with Gasteiger partial charge in [0.1, 0.15) is 5.82 Å². The lowest BCUT2D eigenvalue weighted by Gasteiger charge is -2.18. The van der Waals surface area contributed by atoms with Crippen LogP contribution in [0.15, 0.2) is 0 Å². The zero-order valence-corrected chi connectivity index (χ0v) is 10.9. The Labute approximate surface area is 103 Å². The highest BCUT2D eigenvalue weighted by atomic mass is 15.2. The van der Waals surface area contributed by atoms with Gasteiger partial charge in [-0.2, -0.15) is 5.10 Å². The van der Waals surface area contributed by atoms with E-state index in [1.807, 2.05) is 0 Å². The van der Waals surface area contributed by atoms with Crippen molar-refractivity contribution in [1.82, 2.24) is 15.2 Å². The Bertz CT molecular complexity index is 339. The highest BCUT2D eigenvalue weighted by Gasteiger charge is 2.21. The van der Waals surface area contributed by atoms with E-state index in [1.54, 1.807) is 0 Å². The average molecular weight is 236 g/mol. The van der Waals surface area contributed by atoms with Gasteiger partial charge in [-0.05, 0) is 25.2 Å². The van der Waals surface area contributed by atoms with Crippen molar-refractivity contribution >= 4 is 0 Å². The molecule has 96 valence electrons. The molecule has 17 heavy (non-hydrogen) atoms. The van der Waals surface area contributed by atoms with Gasteiger partial charge in [0.05, 0.1) is 6.04 Å². The molecule has 0 radical (unpaired) electrons. The fourth-order valence-corrected chi connectivity index (χ4v) is 2.63. The maximum Gasteiger partial charge on any atom is 0.167 e. The van der Waals surface area contributed by atoms with Crippen molar-refractivity contribution in [2.24, 2.45) is 11.7 Å². The minimum Gasteiger partial charge on any atom is -0.321 e. The largest absolute Gasteiger partial charge is 0.321 e. The SMILES string of the molecule is CC(C)C[C@@H](N)c1n[nH]c(C2CCCCC2)n1. The number of nitrogens with two attached hydrogens (primary N) is 1. The average Bonchev–Trinajstić information content (AvgIpc) is 2.78. The molecule has 4 nitrogen and oxygen atoms in total. The summed E-state index contributed by atoms with van der Waals surface area (Å²) in [5, 5.41) is 7.37. The molecule has 1 aliphatic rings. The number of hydrogen-bond donors (Lipinski definition) is 2. The van der Waals surface area contributed by atoms with Crippen LogP contribution < -0.4 is 5.73 Å². The summed E-state index contributed by atoms with van der Waals surface area (Å²) in [6.07, 6.45) is 7.44. The highest BCUT2D eigenvalue weighted by Crippen LogP contribution is 2.30. The smallest absolute Gasteiger partial charge is 0.167 e.